The van der Waals surface area contributed by atoms with E-state index in [9.17, 15) is 4.79 Å². The fraction of sp³-hybridized carbons (Fsp3) is 0.429. The number of rotatable bonds is 5. The number of carboxylic acid groups (broad SMARTS) is 1. The third kappa shape index (κ3) is 4.23. The quantitative estimate of drug-likeness (QED) is 0.659. The van der Waals surface area contributed by atoms with Gasteiger partial charge < -0.3 is 14.7 Å². The molecule has 0 saturated carbocycles. The maximum Gasteiger partial charge on any atom is 0.303 e. The van der Waals surface area contributed by atoms with E-state index in [0.717, 1.165) is 34.3 Å². The lowest BCUT2D eigenvalue weighted by Crippen LogP contribution is -2.03. The second kappa shape index (κ2) is 7.28. The van der Waals surface area contributed by atoms with E-state index in [1.807, 2.05) is 18.2 Å². The molecule has 0 saturated heterocycles. The predicted octanol–water partition coefficient (Wildman–Crippen LogP) is 3.21. The Balaban J connectivity index is 2.03. The van der Waals surface area contributed by atoms with Gasteiger partial charge in [-0.25, -0.2) is 0 Å². The Hall–Kier alpha value is -1.56. The summed E-state index contributed by atoms with van der Waals surface area (Å²) in [6.07, 6.45) is 2.20. The van der Waals surface area contributed by atoms with Crippen molar-refractivity contribution in [2.75, 3.05) is 13.2 Å². The smallest absolute Gasteiger partial charge is 0.303 e. The number of benzene rings is 1. The Bertz CT molecular complexity index is 516. The molecule has 6 heteroatoms. The number of carbonyl (C=O) groups is 1. The molecule has 1 aromatic carbocycles. The SMILES string of the molecule is O=C(O)CCCO/N=C1/CCCOc2ccc(Br)cc21. The number of carboxylic acids is 1. The van der Waals surface area contributed by atoms with Crippen molar-refractivity contribution < 1.29 is 19.5 Å². The maximum absolute atomic E-state index is 10.4. The first-order valence-corrected chi connectivity index (χ1v) is 7.29. The summed E-state index contributed by atoms with van der Waals surface area (Å²) in [4.78, 5) is 15.6. The molecule has 0 unspecified atom stereocenters. The molecule has 0 aliphatic carbocycles. The fourth-order valence-corrected chi connectivity index (χ4v) is 2.28. The zero-order valence-corrected chi connectivity index (χ0v) is 12.6. The van der Waals surface area contributed by atoms with Gasteiger partial charge in [0, 0.05) is 16.5 Å². The summed E-state index contributed by atoms with van der Waals surface area (Å²) in [7, 11) is 0. The minimum absolute atomic E-state index is 0.0934. The predicted molar refractivity (Wildman–Crippen MR) is 78.2 cm³/mol. The molecule has 0 amide bonds. The van der Waals surface area contributed by atoms with Gasteiger partial charge in [0.15, 0.2) is 0 Å². The maximum atomic E-state index is 10.4. The summed E-state index contributed by atoms with van der Waals surface area (Å²) in [5.74, 6) is -0.0167. The Morgan fingerprint density at radius 1 is 1.50 bits per heavy atom. The van der Waals surface area contributed by atoms with Crippen LogP contribution in [0, 0.1) is 0 Å². The Kier molecular flexibility index (Phi) is 5.40. The van der Waals surface area contributed by atoms with E-state index < -0.39 is 5.97 Å². The molecule has 20 heavy (non-hydrogen) atoms. The number of oxime groups is 1. The number of hydrogen-bond donors (Lipinski definition) is 1. The van der Waals surface area contributed by atoms with E-state index in [4.69, 9.17) is 14.7 Å². The molecule has 1 heterocycles. The minimum Gasteiger partial charge on any atom is -0.493 e. The molecule has 2 rings (SSSR count). The van der Waals surface area contributed by atoms with Crippen LogP contribution in [0.5, 0.6) is 5.75 Å². The largest absolute Gasteiger partial charge is 0.493 e. The lowest BCUT2D eigenvalue weighted by molar-refractivity contribution is -0.137. The Labute approximate surface area is 125 Å². The third-order valence-electron chi connectivity index (χ3n) is 2.87. The highest BCUT2D eigenvalue weighted by molar-refractivity contribution is 9.10. The Morgan fingerprint density at radius 3 is 3.15 bits per heavy atom. The number of ether oxygens (including phenoxy) is 1. The second-order valence-electron chi connectivity index (χ2n) is 4.46. The normalized spacial score (nSPS) is 16.1. The monoisotopic (exact) mass is 341 g/mol. The summed E-state index contributed by atoms with van der Waals surface area (Å²) >= 11 is 3.44. The van der Waals surface area contributed by atoms with Crippen LogP contribution < -0.4 is 4.74 Å². The van der Waals surface area contributed by atoms with Crippen molar-refractivity contribution in [1.29, 1.82) is 0 Å². The summed E-state index contributed by atoms with van der Waals surface area (Å²) in [5, 5.41) is 12.7. The first-order valence-electron chi connectivity index (χ1n) is 6.50. The van der Waals surface area contributed by atoms with Crippen molar-refractivity contribution in [2.24, 2.45) is 5.16 Å². The van der Waals surface area contributed by atoms with Crippen LogP contribution in [-0.4, -0.2) is 30.0 Å². The molecule has 0 radical (unpaired) electrons. The molecule has 1 N–H and O–H groups in total. The van der Waals surface area contributed by atoms with Crippen LogP contribution in [0.1, 0.15) is 31.2 Å². The van der Waals surface area contributed by atoms with Crippen LogP contribution in [0.4, 0.5) is 0 Å². The summed E-state index contributed by atoms with van der Waals surface area (Å²) in [6.45, 7) is 0.965. The average Bonchev–Trinajstić information content (AvgIpc) is 2.60. The van der Waals surface area contributed by atoms with Crippen molar-refractivity contribution in [3.8, 4) is 5.75 Å². The van der Waals surface area contributed by atoms with E-state index in [0.29, 0.717) is 19.6 Å². The molecule has 5 nitrogen and oxygen atoms in total. The highest BCUT2D eigenvalue weighted by Gasteiger charge is 2.16. The Morgan fingerprint density at radius 2 is 2.35 bits per heavy atom. The van der Waals surface area contributed by atoms with Crippen molar-refractivity contribution >= 4 is 27.6 Å². The third-order valence-corrected chi connectivity index (χ3v) is 3.36. The van der Waals surface area contributed by atoms with Crippen LogP contribution in [0.25, 0.3) is 0 Å². The lowest BCUT2D eigenvalue weighted by Gasteiger charge is -2.08. The van der Waals surface area contributed by atoms with Crippen LogP contribution in [0.15, 0.2) is 27.8 Å². The van der Waals surface area contributed by atoms with E-state index in [1.165, 1.54) is 0 Å². The molecular formula is C14H16BrNO4. The first kappa shape index (κ1) is 14.8. The van der Waals surface area contributed by atoms with Gasteiger partial charge in [-0.2, -0.15) is 0 Å². The van der Waals surface area contributed by atoms with Gasteiger partial charge in [-0.15, -0.1) is 0 Å². The summed E-state index contributed by atoms with van der Waals surface area (Å²) < 4.78 is 6.62. The first-order chi connectivity index (χ1) is 9.66. The highest BCUT2D eigenvalue weighted by Crippen LogP contribution is 2.27. The van der Waals surface area contributed by atoms with E-state index >= 15 is 0 Å². The van der Waals surface area contributed by atoms with Gasteiger partial charge in [-0.1, -0.05) is 21.1 Å². The minimum atomic E-state index is -0.821. The number of nitrogens with zero attached hydrogens (tertiary/aromatic N) is 1. The van der Waals surface area contributed by atoms with Gasteiger partial charge in [0.1, 0.15) is 12.4 Å². The zero-order valence-electron chi connectivity index (χ0n) is 11.0. The molecule has 0 atom stereocenters. The van der Waals surface area contributed by atoms with Crippen molar-refractivity contribution in [2.45, 2.75) is 25.7 Å². The molecule has 0 spiro atoms. The van der Waals surface area contributed by atoms with Gasteiger partial charge in [-0.3, -0.25) is 4.79 Å². The summed E-state index contributed by atoms with van der Waals surface area (Å²) in [5.41, 5.74) is 1.77. The molecule has 0 fully saturated rings. The molecule has 1 aliphatic rings. The van der Waals surface area contributed by atoms with Crippen LogP contribution in [0.3, 0.4) is 0 Å². The van der Waals surface area contributed by atoms with Crippen LogP contribution >= 0.6 is 15.9 Å². The number of hydrogen-bond acceptors (Lipinski definition) is 4. The molecule has 108 valence electrons. The summed E-state index contributed by atoms with van der Waals surface area (Å²) in [6, 6.07) is 5.79. The van der Waals surface area contributed by atoms with Gasteiger partial charge in [-0.05, 0) is 37.5 Å². The van der Waals surface area contributed by atoms with E-state index in [2.05, 4.69) is 21.1 Å². The zero-order chi connectivity index (χ0) is 14.4. The fourth-order valence-electron chi connectivity index (χ4n) is 1.92. The van der Waals surface area contributed by atoms with Crippen LogP contribution in [-0.2, 0) is 9.63 Å². The van der Waals surface area contributed by atoms with Gasteiger partial charge >= 0.3 is 5.97 Å². The topological polar surface area (TPSA) is 68.1 Å². The number of fused-ring (bicyclic) bond motifs is 1. The van der Waals surface area contributed by atoms with Crippen molar-refractivity contribution in [3.63, 3.8) is 0 Å². The number of aliphatic carboxylic acids is 1. The van der Waals surface area contributed by atoms with Gasteiger partial charge in [0.25, 0.3) is 0 Å². The molecule has 0 aromatic heterocycles. The molecule has 1 aromatic rings. The van der Waals surface area contributed by atoms with Crippen LogP contribution in [0.2, 0.25) is 0 Å². The molecule has 1 aliphatic heterocycles. The number of halogens is 1. The van der Waals surface area contributed by atoms with Crippen molar-refractivity contribution in [1.82, 2.24) is 0 Å². The highest BCUT2D eigenvalue weighted by atomic mass is 79.9. The van der Waals surface area contributed by atoms with E-state index in [-0.39, 0.29) is 6.42 Å². The lowest BCUT2D eigenvalue weighted by atomic mass is 10.1. The van der Waals surface area contributed by atoms with Crippen molar-refractivity contribution in [3.05, 3.63) is 28.2 Å². The average molecular weight is 342 g/mol. The second-order valence-corrected chi connectivity index (χ2v) is 5.38. The van der Waals surface area contributed by atoms with Gasteiger partial charge in [0.2, 0.25) is 0 Å². The van der Waals surface area contributed by atoms with Gasteiger partial charge in [0.05, 0.1) is 12.3 Å². The molecular weight excluding hydrogens is 326 g/mol. The van der Waals surface area contributed by atoms with E-state index in [1.54, 1.807) is 0 Å². The molecule has 0 bridgehead atoms. The standard InChI is InChI=1S/C14H16BrNO4/c15-10-5-6-13-11(9-10)12(3-1-7-19-13)16-20-8-2-4-14(17)18/h5-6,9H,1-4,7-8H2,(H,17,18)/b16-12-.